The highest BCUT2D eigenvalue weighted by atomic mass is 15.1. The van der Waals surface area contributed by atoms with E-state index in [0.29, 0.717) is 44.6 Å². The van der Waals surface area contributed by atoms with Gasteiger partial charge < -0.3 is 9.80 Å². The summed E-state index contributed by atoms with van der Waals surface area (Å²) < 4.78 is 0. The molecule has 10 heteroatoms. The number of fused-ring (bicyclic) bond motifs is 2. The van der Waals surface area contributed by atoms with Crippen LogP contribution in [0.15, 0.2) is 94.1 Å². The maximum Gasteiger partial charge on any atom is 0.193 e. The van der Waals surface area contributed by atoms with Crippen molar-refractivity contribution in [1.29, 1.82) is 42.1 Å². The lowest BCUT2D eigenvalue weighted by Crippen LogP contribution is -2.59. The zero-order valence-electron chi connectivity index (χ0n) is 32.1. The second kappa shape index (κ2) is 12.5. The molecule has 2 bridgehead atoms. The van der Waals surface area contributed by atoms with E-state index >= 15 is 0 Å². The van der Waals surface area contributed by atoms with Gasteiger partial charge in [-0.25, -0.2) is 0 Å². The molecule has 5 aliphatic rings. The quantitative estimate of drug-likeness (QED) is 0.283. The highest BCUT2D eigenvalue weighted by molar-refractivity contribution is 5.76. The highest BCUT2D eigenvalue weighted by Crippen LogP contribution is 2.73. The van der Waals surface area contributed by atoms with E-state index in [9.17, 15) is 42.1 Å². The molecule has 0 saturated heterocycles. The Balaban J connectivity index is 1.89. The summed E-state index contributed by atoms with van der Waals surface area (Å²) in [6.07, 6.45) is 3.71. The zero-order chi connectivity index (χ0) is 40.5. The second-order valence-corrected chi connectivity index (χ2v) is 15.7. The molecule has 0 heterocycles. The van der Waals surface area contributed by atoms with E-state index in [1.807, 2.05) is 113 Å². The van der Waals surface area contributed by atoms with Crippen LogP contribution in [0.2, 0.25) is 0 Å². The van der Waals surface area contributed by atoms with Gasteiger partial charge in [-0.3, -0.25) is 0 Å². The fourth-order valence-electron chi connectivity index (χ4n) is 10.1. The van der Waals surface area contributed by atoms with Gasteiger partial charge in [0.2, 0.25) is 0 Å². The summed E-state index contributed by atoms with van der Waals surface area (Å²) in [7, 11) is 7.55. The molecule has 0 N–H and O–H groups in total. The molecule has 10 nitrogen and oxygen atoms in total. The largest absolute Gasteiger partial charge is 0.378 e. The maximum atomic E-state index is 11.5. The molecule has 0 amide bonds. The molecule has 5 aliphatic carbocycles. The van der Waals surface area contributed by atoms with Crippen LogP contribution in [0.5, 0.6) is 0 Å². The van der Waals surface area contributed by atoms with Gasteiger partial charge in [0.25, 0.3) is 0 Å². The van der Waals surface area contributed by atoms with Gasteiger partial charge in [0, 0.05) is 57.3 Å². The summed E-state index contributed by atoms with van der Waals surface area (Å²) in [6, 6.07) is 32.4. The minimum absolute atomic E-state index is 0.230. The third-order valence-electron chi connectivity index (χ3n) is 12.8. The predicted molar refractivity (Wildman–Crippen MR) is 204 cm³/mol. The Morgan fingerprint density at radius 1 is 0.564 bits per heavy atom. The number of anilines is 2. The van der Waals surface area contributed by atoms with Gasteiger partial charge in [-0.2, -0.15) is 42.1 Å². The van der Waals surface area contributed by atoms with Crippen LogP contribution in [0, 0.1) is 136 Å². The monoisotopic (exact) mass is 718 g/mol. The molecule has 0 saturated carbocycles. The van der Waals surface area contributed by atoms with Crippen LogP contribution in [0.25, 0.3) is 0 Å². The first-order chi connectivity index (χ1) is 26.1. The van der Waals surface area contributed by atoms with Crippen LogP contribution in [-0.4, -0.2) is 28.2 Å². The van der Waals surface area contributed by atoms with Crippen molar-refractivity contribution in [3.05, 3.63) is 105 Å². The van der Waals surface area contributed by atoms with Crippen LogP contribution in [-0.2, 0) is 5.41 Å². The lowest BCUT2D eigenvalue weighted by Gasteiger charge is -2.53. The Kier molecular flexibility index (Phi) is 8.57. The standard InChI is InChI=1S/C45H38N10/c1-27(2)34-17-36-28(3)37-35-18-45(30-9-13-32(14-10-30)54(5)6,31-11-15-33(16-12-31)55(7)8)44(25-52,26-53)43(23-50,24-51)39(35)29(4)38(37)40(34)42(21-48,22-49)41(36,19-46)20-47/h9-18,27,36,39-40H,1-8H3/t36?,39-,40?/m1/s1. The van der Waals surface area contributed by atoms with Crippen LogP contribution < -0.4 is 9.80 Å². The average Bonchev–Trinajstić information content (AvgIpc) is 3.36. The Morgan fingerprint density at radius 3 is 1.36 bits per heavy atom. The van der Waals surface area contributed by atoms with Gasteiger partial charge in [-0.1, -0.05) is 67.0 Å². The summed E-state index contributed by atoms with van der Waals surface area (Å²) in [6.45, 7) is 7.34. The van der Waals surface area contributed by atoms with Gasteiger partial charge in [0.05, 0.1) is 54.0 Å². The molecule has 2 aromatic rings. The minimum Gasteiger partial charge on any atom is -0.378 e. The molecule has 7 rings (SSSR count). The number of nitriles is 8. The number of nitrogens with zero attached hydrogens (tertiary/aromatic N) is 10. The van der Waals surface area contributed by atoms with Gasteiger partial charge in [-0.05, 0) is 71.9 Å². The first-order valence-corrected chi connectivity index (χ1v) is 17.9. The van der Waals surface area contributed by atoms with Crippen molar-refractivity contribution >= 4 is 11.4 Å². The molecule has 268 valence electrons. The molecule has 2 unspecified atom stereocenters. The average molecular weight is 719 g/mol. The number of hydrogen-bond donors (Lipinski definition) is 0. The summed E-state index contributed by atoms with van der Waals surface area (Å²) in [5.41, 5.74) is -4.90. The van der Waals surface area contributed by atoms with Crippen LogP contribution in [0.3, 0.4) is 0 Å². The van der Waals surface area contributed by atoms with Crippen molar-refractivity contribution in [3.63, 3.8) is 0 Å². The molecular weight excluding hydrogens is 681 g/mol. The number of benzene rings is 2. The van der Waals surface area contributed by atoms with E-state index in [4.69, 9.17) is 0 Å². The van der Waals surface area contributed by atoms with Crippen molar-refractivity contribution in [1.82, 2.24) is 0 Å². The van der Waals surface area contributed by atoms with E-state index in [1.165, 1.54) is 0 Å². The first kappa shape index (κ1) is 37.7. The molecule has 0 fully saturated rings. The van der Waals surface area contributed by atoms with E-state index in [2.05, 4.69) is 48.6 Å². The number of allylic oxidation sites excluding steroid dienone is 8. The van der Waals surface area contributed by atoms with E-state index in [1.54, 1.807) is 13.8 Å². The number of hydrogen-bond acceptors (Lipinski definition) is 10. The zero-order valence-corrected chi connectivity index (χ0v) is 32.1. The van der Waals surface area contributed by atoms with Crippen LogP contribution in [0.1, 0.15) is 38.8 Å². The molecular formula is C45H38N10. The summed E-state index contributed by atoms with van der Waals surface area (Å²) >= 11 is 0. The molecule has 3 atom stereocenters. The van der Waals surface area contributed by atoms with Crippen molar-refractivity contribution in [2.75, 3.05) is 38.0 Å². The summed E-state index contributed by atoms with van der Waals surface area (Å²) in [4.78, 5) is 3.82. The van der Waals surface area contributed by atoms with Crippen molar-refractivity contribution in [3.8, 4) is 48.6 Å². The predicted octanol–water partition coefficient (Wildman–Crippen LogP) is 7.28. The molecule has 0 spiro atoms. The molecule has 2 aromatic carbocycles. The van der Waals surface area contributed by atoms with E-state index in [0.717, 1.165) is 11.4 Å². The van der Waals surface area contributed by atoms with Crippen LogP contribution in [0.4, 0.5) is 11.4 Å². The highest BCUT2D eigenvalue weighted by Gasteiger charge is 2.76. The summed E-state index contributed by atoms with van der Waals surface area (Å²) in [5.74, 6) is -3.48. The smallest absolute Gasteiger partial charge is 0.193 e. The third-order valence-corrected chi connectivity index (χ3v) is 12.8. The van der Waals surface area contributed by atoms with Gasteiger partial charge in [0.1, 0.15) is 0 Å². The molecule has 0 aliphatic heterocycles. The van der Waals surface area contributed by atoms with Crippen molar-refractivity contribution in [2.45, 2.75) is 33.1 Å². The van der Waals surface area contributed by atoms with Crippen molar-refractivity contribution in [2.24, 2.45) is 45.3 Å². The van der Waals surface area contributed by atoms with Crippen molar-refractivity contribution < 1.29 is 0 Å². The normalized spacial score (nSPS) is 23.9. The third kappa shape index (κ3) is 4.16. The van der Waals surface area contributed by atoms with Crippen LogP contribution >= 0.6 is 0 Å². The van der Waals surface area contributed by atoms with Gasteiger partial charge in [-0.15, -0.1) is 0 Å². The fraction of sp³-hybridized carbons (Fsp3) is 0.378. The van der Waals surface area contributed by atoms with Gasteiger partial charge >= 0.3 is 0 Å². The fourth-order valence-corrected chi connectivity index (χ4v) is 10.1. The molecule has 55 heavy (non-hydrogen) atoms. The van der Waals surface area contributed by atoms with E-state index < -0.39 is 44.8 Å². The summed E-state index contributed by atoms with van der Waals surface area (Å²) in [5, 5.41) is 89.9. The Hall–Kier alpha value is -7.08. The Labute approximate surface area is 322 Å². The lowest BCUT2D eigenvalue weighted by atomic mass is 9.41. The maximum absolute atomic E-state index is 11.5. The SMILES string of the molecule is CC1=C2C3=CC(c4ccc(N(C)C)cc4)(c4ccc(N(C)C)cc4)C(C#N)(C#N)C(C#N)(C#N)[C@@H]3C(C)=C2C2C(C(C)C)=CC1C(C#N)(C#N)C2(C#N)C#N. The molecule has 0 radical (unpaired) electrons. The lowest BCUT2D eigenvalue weighted by molar-refractivity contribution is 0.158. The first-order valence-electron chi connectivity index (χ1n) is 17.9. The van der Waals surface area contributed by atoms with E-state index in [-0.39, 0.29) is 5.92 Å². The second-order valence-electron chi connectivity index (χ2n) is 15.7. The Morgan fingerprint density at radius 2 is 1.00 bits per heavy atom. The topological polar surface area (TPSA) is 197 Å². The molecule has 0 aromatic heterocycles. The number of rotatable bonds is 5. The minimum atomic E-state index is -2.36. The van der Waals surface area contributed by atoms with Gasteiger partial charge in [0.15, 0.2) is 21.7 Å². The Bertz CT molecular complexity index is 2400.